The first-order valence-electron chi connectivity index (χ1n) is 6.74. The van der Waals surface area contributed by atoms with Crippen molar-refractivity contribution in [2.24, 2.45) is 0 Å². The van der Waals surface area contributed by atoms with Crippen LogP contribution in [0.3, 0.4) is 0 Å². The molecular formula is C15H18FNO3. The summed E-state index contributed by atoms with van der Waals surface area (Å²) in [5, 5.41) is 9.47. The molecule has 1 aliphatic rings. The molecule has 1 aromatic rings. The summed E-state index contributed by atoms with van der Waals surface area (Å²) >= 11 is 0. The number of likely N-dealkylation sites (tertiary alicyclic amines) is 1. The largest absolute Gasteiger partial charge is 0.479 e. The van der Waals surface area contributed by atoms with Gasteiger partial charge in [0, 0.05) is 12.1 Å². The Kier molecular flexibility index (Phi) is 3.79. The van der Waals surface area contributed by atoms with Gasteiger partial charge in [-0.1, -0.05) is 6.92 Å². The lowest BCUT2D eigenvalue weighted by Gasteiger charge is -2.34. The van der Waals surface area contributed by atoms with E-state index in [2.05, 4.69) is 0 Å². The highest BCUT2D eigenvalue weighted by atomic mass is 19.1. The van der Waals surface area contributed by atoms with Gasteiger partial charge in [-0.3, -0.25) is 4.79 Å². The Balaban J connectivity index is 2.36. The minimum absolute atomic E-state index is 0.338. The quantitative estimate of drug-likeness (QED) is 0.925. The summed E-state index contributed by atoms with van der Waals surface area (Å²) in [5.74, 6) is -1.68. The van der Waals surface area contributed by atoms with E-state index >= 15 is 0 Å². The summed E-state index contributed by atoms with van der Waals surface area (Å²) in [5.41, 5.74) is -0.406. The van der Waals surface area contributed by atoms with Crippen LogP contribution in [0.25, 0.3) is 0 Å². The average Bonchev–Trinajstić information content (AvgIpc) is 2.86. The summed E-state index contributed by atoms with van der Waals surface area (Å²) < 4.78 is 13.3. The topological polar surface area (TPSA) is 57.6 Å². The lowest BCUT2D eigenvalue weighted by atomic mass is 9.92. The van der Waals surface area contributed by atoms with Gasteiger partial charge in [-0.25, -0.2) is 9.18 Å². The van der Waals surface area contributed by atoms with Gasteiger partial charge in [0.1, 0.15) is 11.4 Å². The van der Waals surface area contributed by atoms with Gasteiger partial charge in [-0.2, -0.15) is 0 Å². The van der Waals surface area contributed by atoms with Crippen LogP contribution < -0.4 is 0 Å². The standard InChI is InChI=1S/C15H18FNO3/c1-3-15(14(19)20)7-4-8-17(15)13(18)11-5-6-12(16)10(2)9-11/h5-6,9H,3-4,7-8H2,1-2H3,(H,19,20). The Morgan fingerprint density at radius 1 is 1.45 bits per heavy atom. The second-order valence-electron chi connectivity index (χ2n) is 5.21. The third kappa shape index (κ3) is 2.17. The zero-order valence-corrected chi connectivity index (χ0v) is 11.6. The van der Waals surface area contributed by atoms with Crippen molar-refractivity contribution in [2.45, 2.75) is 38.6 Å². The van der Waals surface area contributed by atoms with E-state index in [1.165, 1.54) is 23.1 Å². The van der Waals surface area contributed by atoms with E-state index in [0.29, 0.717) is 36.9 Å². The van der Waals surface area contributed by atoms with Crippen molar-refractivity contribution in [2.75, 3.05) is 6.54 Å². The van der Waals surface area contributed by atoms with E-state index < -0.39 is 11.5 Å². The van der Waals surface area contributed by atoms with Gasteiger partial charge in [0.25, 0.3) is 5.91 Å². The van der Waals surface area contributed by atoms with E-state index in [0.717, 1.165) is 0 Å². The number of carbonyl (C=O) groups is 2. The van der Waals surface area contributed by atoms with Gasteiger partial charge < -0.3 is 10.0 Å². The van der Waals surface area contributed by atoms with Crippen LogP contribution in [0, 0.1) is 12.7 Å². The van der Waals surface area contributed by atoms with Gasteiger partial charge in [-0.15, -0.1) is 0 Å². The Bertz CT molecular complexity index is 558. The van der Waals surface area contributed by atoms with Gasteiger partial charge in [0.2, 0.25) is 0 Å². The molecule has 1 heterocycles. The average molecular weight is 279 g/mol. The van der Waals surface area contributed by atoms with Crippen molar-refractivity contribution < 1.29 is 19.1 Å². The Morgan fingerprint density at radius 3 is 2.70 bits per heavy atom. The van der Waals surface area contributed by atoms with Crippen molar-refractivity contribution in [3.05, 3.63) is 35.1 Å². The zero-order valence-electron chi connectivity index (χ0n) is 11.6. The fraction of sp³-hybridized carbons (Fsp3) is 0.467. The maximum absolute atomic E-state index is 13.3. The number of aliphatic carboxylic acids is 1. The molecule has 1 aromatic carbocycles. The minimum Gasteiger partial charge on any atom is -0.479 e. The number of carboxylic acids is 1. The van der Waals surface area contributed by atoms with Crippen molar-refractivity contribution >= 4 is 11.9 Å². The van der Waals surface area contributed by atoms with Gasteiger partial charge >= 0.3 is 5.97 Å². The van der Waals surface area contributed by atoms with Crippen LogP contribution in [0.5, 0.6) is 0 Å². The van der Waals surface area contributed by atoms with Gasteiger partial charge in [0.05, 0.1) is 0 Å². The number of carboxylic acid groups (broad SMARTS) is 1. The van der Waals surface area contributed by atoms with E-state index in [-0.39, 0.29) is 11.7 Å². The van der Waals surface area contributed by atoms with Gasteiger partial charge in [0.15, 0.2) is 0 Å². The van der Waals surface area contributed by atoms with E-state index in [9.17, 15) is 19.1 Å². The second-order valence-corrected chi connectivity index (χ2v) is 5.21. The number of amides is 1. The molecule has 0 radical (unpaired) electrons. The fourth-order valence-corrected chi connectivity index (χ4v) is 2.85. The molecule has 1 fully saturated rings. The van der Waals surface area contributed by atoms with Crippen LogP contribution >= 0.6 is 0 Å². The summed E-state index contributed by atoms with van der Waals surface area (Å²) in [6.07, 6.45) is 1.51. The maximum atomic E-state index is 13.3. The molecule has 1 atom stereocenters. The van der Waals surface area contributed by atoms with Crippen molar-refractivity contribution in [3.8, 4) is 0 Å². The maximum Gasteiger partial charge on any atom is 0.329 e. The molecule has 4 nitrogen and oxygen atoms in total. The lowest BCUT2D eigenvalue weighted by Crippen LogP contribution is -2.52. The van der Waals surface area contributed by atoms with Crippen molar-refractivity contribution in [1.29, 1.82) is 0 Å². The van der Waals surface area contributed by atoms with Crippen LogP contribution in [0.15, 0.2) is 18.2 Å². The number of hydrogen-bond donors (Lipinski definition) is 1. The molecule has 0 saturated carbocycles. The third-order valence-electron chi connectivity index (χ3n) is 4.12. The molecular weight excluding hydrogens is 261 g/mol. The molecule has 1 amide bonds. The molecule has 0 aromatic heterocycles. The summed E-state index contributed by atoms with van der Waals surface area (Å²) in [6, 6.07) is 4.12. The predicted molar refractivity (Wildman–Crippen MR) is 72.1 cm³/mol. The van der Waals surface area contributed by atoms with Crippen LogP contribution in [0.4, 0.5) is 4.39 Å². The Morgan fingerprint density at radius 2 is 2.15 bits per heavy atom. The first-order chi connectivity index (χ1) is 9.42. The van der Waals surface area contributed by atoms with E-state index in [1.54, 1.807) is 13.8 Å². The number of halogens is 1. The zero-order chi connectivity index (χ0) is 14.9. The normalized spacial score (nSPS) is 22.1. The molecule has 0 spiro atoms. The Labute approximate surface area is 117 Å². The smallest absolute Gasteiger partial charge is 0.329 e. The molecule has 1 unspecified atom stereocenters. The third-order valence-corrected chi connectivity index (χ3v) is 4.12. The van der Waals surface area contributed by atoms with Crippen LogP contribution in [0.1, 0.15) is 42.1 Å². The molecule has 1 aliphatic heterocycles. The van der Waals surface area contributed by atoms with E-state index in [1.807, 2.05) is 0 Å². The number of carbonyl (C=O) groups excluding carboxylic acids is 1. The molecule has 108 valence electrons. The molecule has 2 rings (SSSR count). The van der Waals surface area contributed by atoms with Crippen molar-refractivity contribution in [1.82, 2.24) is 4.90 Å². The number of rotatable bonds is 3. The lowest BCUT2D eigenvalue weighted by molar-refractivity contribution is -0.148. The molecule has 1 saturated heterocycles. The highest BCUT2D eigenvalue weighted by Crippen LogP contribution is 2.34. The highest BCUT2D eigenvalue weighted by Gasteiger charge is 2.48. The van der Waals surface area contributed by atoms with Gasteiger partial charge in [-0.05, 0) is 49.9 Å². The predicted octanol–water partition coefficient (Wildman–Crippen LogP) is 2.60. The highest BCUT2D eigenvalue weighted by molar-refractivity contribution is 5.98. The van der Waals surface area contributed by atoms with Crippen LogP contribution in [-0.4, -0.2) is 34.0 Å². The Hall–Kier alpha value is -1.91. The second kappa shape index (κ2) is 5.23. The summed E-state index contributed by atoms with van der Waals surface area (Å²) in [4.78, 5) is 25.5. The molecule has 1 N–H and O–H groups in total. The van der Waals surface area contributed by atoms with Crippen LogP contribution in [0.2, 0.25) is 0 Å². The molecule has 20 heavy (non-hydrogen) atoms. The number of nitrogens with zero attached hydrogens (tertiary/aromatic N) is 1. The number of hydrogen-bond acceptors (Lipinski definition) is 2. The van der Waals surface area contributed by atoms with Crippen LogP contribution in [-0.2, 0) is 4.79 Å². The fourth-order valence-electron chi connectivity index (χ4n) is 2.85. The first-order valence-corrected chi connectivity index (χ1v) is 6.74. The number of benzene rings is 1. The molecule has 5 heteroatoms. The minimum atomic E-state index is -1.13. The first kappa shape index (κ1) is 14.5. The number of aryl methyl sites for hydroxylation is 1. The molecule has 0 bridgehead atoms. The van der Waals surface area contributed by atoms with Crippen molar-refractivity contribution in [3.63, 3.8) is 0 Å². The van der Waals surface area contributed by atoms with E-state index in [4.69, 9.17) is 0 Å². The SMILES string of the molecule is CCC1(C(=O)O)CCCN1C(=O)c1ccc(F)c(C)c1. The summed E-state index contributed by atoms with van der Waals surface area (Å²) in [7, 11) is 0. The molecule has 0 aliphatic carbocycles. The summed E-state index contributed by atoms with van der Waals surface area (Å²) in [6.45, 7) is 3.78. The monoisotopic (exact) mass is 279 g/mol.